The summed E-state index contributed by atoms with van der Waals surface area (Å²) in [5.74, 6) is 0. The molecule has 0 aromatic heterocycles. The Kier molecular flexibility index (Phi) is 3.62. The summed E-state index contributed by atoms with van der Waals surface area (Å²) in [6.07, 6.45) is 2.37. The fourth-order valence-corrected chi connectivity index (χ4v) is 2.05. The average molecular weight is 204 g/mol. The van der Waals surface area contributed by atoms with E-state index in [1.54, 1.807) is 0 Å². The molecule has 2 rings (SSSR count). The predicted octanol–water partition coefficient (Wildman–Crippen LogP) is 2.05. The zero-order valence-corrected chi connectivity index (χ0v) is 9.50. The fourth-order valence-electron chi connectivity index (χ4n) is 2.05. The van der Waals surface area contributed by atoms with Gasteiger partial charge < -0.3 is 10.2 Å². The van der Waals surface area contributed by atoms with Crippen molar-refractivity contribution in [3.8, 4) is 0 Å². The first-order chi connectivity index (χ1) is 7.40. The van der Waals surface area contributed by atoms with Crippen LogP contribution in [0.5, 0.6) is 0 Å². The van der Waals surface area contributed by atoms with Crippen LogP contribution in [0.2, 0.25) is 0 Å². The van der Waals surface area contributed by atoms with Crippen LogP contribution in [0.4, 0.5) is 5.69 Å². The SMILES string of the molecule is CCc1ccc(N2CCCNCC2)cc1. The second-order valence-electron chi connectivity index (χ2n) is 4.11. The maximum Gasteiger partial charge on any atom is 0.0366 e. The number of benzene rings is 1. The molecule has 82 valence electrons. The molecule has 0 unspecified atom stereocenters. The number of rotatable bonds is 2. The molecule has 2 nitrogen and oxygen atoms in total. The van der Waals surface area contributed by atoms with E-state index >= 15 is 0 Å². The van der Waals surface area contributed by atoms with Crippen LogP contribution in [0.15, 0.2) is 24.3 Å². The third-order valence-corrected chi connectivity index (χ3v) is 3.05. The van der Waals surface area contributed by atoms with E-state index in [-0.39, 0.29) is 0 Å². The van der Waals surface area contributed by atoms with Gasteiger partial charge in [-0.15, -0.1) is 0 Å². The molecular formula is C13H20N2. The molecule has 2 heteroatoms. The van der Waals surface area contributed by atoms with E-state index in [0.29, 0.717) is 0 Å². The molecule has 0 atom stereocenters. The summed E-state index contributed by atoms with van der Waals surface area (Å²) < 4.78 is 0. The molecule has 0 radical (unpaired) electrons. The van der Waals surface area contributed by atoms with E-state index in [2.05, 4.69) is 41.4 Å². The highest BCUT2D eigenvalue weighted by molar-refractivity contribution is 5.47. The molecule has 1 fully saturated rings. The fraction of sp³-hybridized carbons (Fsp3) is 0.538. The summed E-state index contributed by atoms with van der Waals surface area (Å²) in [7, 11) is 0. The molecule has 0 bridgehead atoms. The van der Waals surface area contributed by atoms with E-state index in [1.807, 2.05) is 0 Å². The topological polar surface area (TPSA) is 15.3 Å². The Morgan fingerprint density at radius 2 is 1.93 bits per heavy atom. The summed E-state index contributed by atoms with van der Waals surface area (Å²) in [6, 6.07) is 9.00. The van der Waals surface area contributed by atoms with E-state index < -0.39 is 0 Å². The minimum absolute atomic E-state index is 1.11. The molecule has 1 aromatic rings. The standard InChI is InChI=1S/C13H20N2/c1-2-12-4-6-13(7-5-12)15-10-3-8-14-9-11-15/h4-7,14H,2-3,8-11H2,1H3. The Morgan fingerprint density at radius 1 is 1.13 bits per heavy atom. The van der Waals surface area contributed by atoms with Crippen LogP contribution >= 0.6 is 0 Å². The van der Waals surface area contributed by atoms with Crippen molar-refractivity contribution in [1.82, 2.24) is 5.32 Å². The largest absolute Gasteiger partial charge is 0.370 e. The summed E-state index contributed by atoms with van der Waals surface area (Å²) in [5.41, 5.74) is 2.79. The molecule has 0 aliphatic carbocycles. The Labute approximate surface area is 92.3 Å². The second-order valence-corrected chi connectivity index (χ2v) is 4.11. The highest BCUT2D eigenvalue weighted by atomic mass is 15.2. The average Bonchev–Trinajstić information content (AvgIpc) is 2.58. The van der Waals surface area contributed by atoms with E-state index in [1.165, 1.54) is 24.2 Å². The maximum absolute atomic E-state index is 3.43. The second kappa shape index (κ2) is 5.17. The van der Waals surface area contributed by atoms with Gasteiger partial charge >= 0.3 is 0 Å². The molecule has 0 spiro atoms. The quantitative estimate of drug-likeness (QED) is 0.793. The molecule has 1 heterocycles. The summed E-state index contributed by atoms with van der Waals surface area (Å²) >= 11 is 0. The smallest absolute Gasteiger partial charge is 0.0366 e. The minimum atomic E-state index is 1.11. The van der Waals surface area contributed by atoms with Crippen LogP contribution < -0.4 is 10.2 Å². The van der Waals surface area contributed by atoms with Gasteiger partial charge in [0.15, 0.2) is 0 Å². The van der Waals surface area contributed by atoms with Gasteiger partial charge in [-0.25, -0.2) is 0 Å². The lowest BCUT2D eigenvalue weighted by atomic mass is 10.1. The lowest BCUT2D eigenvalue weighted by Crippen LogP contribution is -2.27. The van der Waals surface area contributed by atoms with Crippen molar-refractivity contribution >= 4 is 5.69 Å². The number of nitrogens with one attached hydrogen (secondary N) is 1. The molecule has 0 saturated carbocycles. The van der Waals surface area contributed by atoms with Gasteiger partial charge in [-0.2, -0.15) is 0 Å². The van der Waals surface area contributed by atoms with Gasteiger partial charge in [-0.1, -0.05) is 19.1 Å². The normalized spacial score (nSPS) is 17.5. The van der Waals surface area contributed by atoms with Crippen LogP contribution in [0.3, 0.4) is 0 Å². The highest BCUT2D eigenvalue weighted by Gasteiger charge is 2.08. The van der Waals surface area contributed by atoms with Crippen molar-refractivity contribution in [2.24, 2.45) is 0 Å². The van der Waals surface area contributed by atoms with Gasteiger partial charge in [0.2, 0.25) is 0 Å². The predicted molar refractivity (Wildman–Crippen MR) is 65.5 cm³/mol. The molecule has 1 N–H and O–H groups in total. The van der Waals surface area contributed by atoms with Crippen molar-refractivity contribution in [3.63, 3.8) is 0 Å². The molecular weight excluding hydrogens is 184 g/mol. The molecule has 1 aliphatic rings. The van der Waals surface area contributed by atoms with Gasteiger partial charge in [0.1, 0.15) is 0 Å². The van der Waals surface area contributed by atoms with Gasteiger partial charge in [0, 0.05) is 25.3 Å². The van der Waals surface area contributed by atoms with Gasteiger partial charge in [0.05, 0.1) is 0 Å². The van der Waals surface area contributed by atoms with Crippen LogP contribution in [-0.2, 0) is 6.42 Å². The Morgan fingerprint density at radius 3 is 2.67 bits per heavy atom. The van der Waals surface area contributed by atoms with Crippen LogP contribution in [-0.4, -0.2) is 26.2 Å². The van der Waals surface area contributed by atoms with Crippen molar-refractivity contribution < 1.29 is 0 Å². The van der Waals surface area contributed by atoms with Gasteiger partial charge in [0.25, 0.3) is 0 Å². The Bertz CT molecular complexity index is 284. The maximum atomic E-state index is 3.43. The third kappa shape index (κ3) is 2.72. The molecule has 0 amide bonds. The lowest BCUT2D eigenvalue weighted by molar-refractivity contribution is 0.724. The van der Waals surface area contributed by atoms with Gasteiger partial charge in [-0.05, 0) is 37.1 Å². The van der Waals surface area contributed by atoms with Crippen molar-refractivity contribution in [3.05, 3.63) is 29.8 Å². The molecule has 1 saturated heterocycles. The minimum Gasteiger partial charge on any atom is -0.370 e. The Balaban J connectivity index is 2.06. The molecule has 1 aromatic carbocycles. The van der Waals surface area contributed by atoms with Crippen molar-refractivity contribution in [2.75, 3.05) is 31.1 Å². The van der Waals surface area contributed by atoms with Crippen molar-refractivity contribution in [2.45, 2.75) is 19.8 Å². The summed E-state index contributed by atoms with van der Waals surface area (Å²) in [6.45, 7) is 6.77. The van der Waals surface area contributed by atoms with Crippen LogP contribution in [0.1, 0.15) is 18.9 Å². The summed E-state index contributed by atoms with van der Waals surface area (Å²) in [4.78, 5) is 2.47. The number of aryl methyl sites for hydroxylation is 1. The highest BCUT2D eigenvalue weighted by Crippen LogP contribution is 2.16. The zero-order chi connectivity index (χ0) is 10.5. The number of hydrogen-bond acceptors (Lipinski definition) is 2. The van der Waals surface area contributed by atoms with E-state index in [0.717, 1.165) is 26.1 Å². The zero-order valence-electron chi connectivity index (χ0n) is 9.50. The molecule has 15 heavy (non-hydrogen) atoms. The molecule has 1 aliphatic heterocycles. The number of anilines is 1. The number of hydrogen-bond donors (Lipinski definition) is 1. The monoisotopic (exact) mass is 204 g/mol. The van der Waals surface area contributed by atoms with E-state index in [9.17, 15) is 0 Å². The number of nitrogens with zero attached hydrogens (tertiary/aromatic N) is 1. The summed E-state index contributed by atoms with van der Waals surface area (Å²) in [5, 5.41) is 3.43. The third-order valence-electron chi connectivity index (χ3n) is 3.05. The first kappa shape index (κ1) is 10.5. The van der Waals surface area contributed by atoms with Crippen LogP contribution in [0.25, 0.3) is 0 Å². The lowest BCUT2D eigenvalue weighted by Gasteiger charge is -2.22. The first-order valence-corrected chi connectivity index (χ1v) is 5.95. The van der Waals surface area contributed by atoms with E-state index in [4.69, 9.17) is 0 Å². The first-order valence-electron chi connectivity index (χ1n) is 5.95. The van der Waals surface area contributed by atoms with Crippen molar-refractivity contribution in [1.29, 1.82) is 0 Å². The van der Waals surface area contributed by atoms with Gasteiger partial charge in [-0.3, -0.25) is 0 Å². The Hall–Kier alpha value is -1.02. The van der Waals surface area contributed by atoms with Crippen LogP contribution in [0, 0.1) is 0 Å².